The van der Waals surface area contributed by atoms with Crippen molar-refractivity contribution in [3.8, 4) is 5.75 Å². The van der Waals surface area contributed by atoms with Crippen molar-refractivity contribution in [1.29, 1.82) is 0 Å². The highest BCUT2D eigenvalue weighted by molar-refractivity contribution is 5.41. The van der Waals surface area contributed by atoms with Gasteiger partial charge in [-0.25, -0.2) is 0 Å². The van der Waals surface area contributed by atoms with E-state index in [1.807, 2.05) is 44.2 Å². The van der Waals surface area contributed by atoms with Crippen LogP contribution in [-0.4, -0.2) is 17.2 Å². The van der Waals surface area contributed by atoms with Gasteiger partial charge >= 0.3 is 0 Å². The summed E-state index contributed by atoms with van der Waals surface area (Å²) in [7, 11) is 1.66. The number of hydrogen-bond acceptors (Lipinski definition) is 3. The van der Waals surface area contributed by atoms with Gasteiger partial charge in [0.2, 0.25) is 0 Å². The average Bonchev–Trinajstić information content (AvgIpc) is 2.43. The molecule has 0 fully saturated rings. The van der Waals surface area contributed by atoms with Crippen LogP contribution in [0.25, 0.3) is 0 Å². The van der Waals surface area contributed by atoms with Crippen molar-refractivity contribution in [2.45, 2.75) is 26.4 Å². The zero-order valence-electron chi connectivity index (χ0n) is 11.6. The molecule has 1 N–H and O–H groups in total. The third kappa shape index (κ3) is 2.93. The minimum atomic E-state index is -0.542. The summed E-state index contributed by atoms with van der Waals surface area (Å²) in [5.41, 5.74) is 3.79. The molecule has 1 aromatic heterocycles. The van der Waals surface area contributed by atoms with Crippen molar-refractivity contribution < 1.29 is 9.84 Å². The number of aryl methyl sites for hydroxylation is 1. The summed E-state index contributed by atoms with van der Waals surface area (Å²) in [6.45, 7) is 3.95. The Labute approximate surface area is 113 Å². The van der Waals surface area contributed by atoms with Gasteiger partial charge < -0.3 is 9.84 Å². The van der Waals surface area contributed by atoms with E-state index in [-0.39, 0.29) is 0 Å². The molecule has 1 unspecified atom stereocenters. The average molecular weight is 257 g/mol. The Balaban J connectivity index is 2.25. The molecule has 0 aliphatic carbocycles. The lowest BCUT2D eigenvalue weighted by molar-refractivity contribution is 0.177. The van der Waals surface area contributed by atoms with Crippen LogP contribution >= 0.6 is 0 Å². The second-order valence-electron chi connectivity index (χ2n) is 4.68. The van der Waals surface area contributed by atoms with E-state index in [1.165, 1.54) is 0 Å². The van der Waals surface area contributed by atoms with Crippen LogP contribution in [0.2, 0.25) is 0 Å². The molecule has 1 atom stereocenters. The molecular weight excluding hydrogens is 238 g/mol. The van der Waals surface area contributed by atoms with E-state index in [4.69, 9.17) is 4.74 Å². The van der Waals surface area contributed by atoms with Gasteiger partial charge in [0.1, 0.15) is 5.75 Å². The fourth-order valence-electron chi connectivity index (χ4n) is 2.25. The van der Waals surface area contributed by atoms with Gasteiger partial charge in [-0.15, -0.1) is 0 Å². The van der Waals surface area contributed by atoms with Crippen LogP contribution in [0.5, 0.6) is 5.75 Å². The Hall–Kier alpha value is -1.87. The summed E-state index contributed by atoms with van der Waals surface area (Å²) in [5, 5.41) is 10.3. The van der Waals surface area contributed by atoms with E-state index in [2.05, 4.69) is 4.98 Å². The Kier molecular flexibility index (Phi) is 4.17. The first-order valence-corrected chi connectivity index (χ1v) is 6.35. The lowest BCUT2D eigenvalue weighted by Gasteiger charge is -2.15. The lowest BCUT2D eigenvalue weighted by atomic mass is 10.0. The summed E-state index contributed by atoms with van der Waals surface area (Å²) in [6, 6.07) is 9.63. The number of ether oxygens (including phenoxy) is 1. The standard InChI is InChI=1S/C16H19NO2/c1-11-10-17-14(12(2)16(11)19-3)9-15(18)13-7-5-4-6-8-13/h4-8,10,15,18H,9H2,1-3H3. The molecule has 0 spiro atoms. The van der Waals surface area contributed by atoms with Crippen LogP contribution in [0, 0.1) is 13.8 Å². The Morgan fingerprint density at radius 3 is 2.53 bits per heavy atom. The summed E-state index contributed by atoms with van der Waals surface area (Å²) in [5.74, 6) is 0.852. The Morgan fingerprint density at radius 1 is 1.21 bits per heavy atom. The Bertz CT molecular complexity index is 552. The third-order valence-corrected chi connectivity index (χ3v) is 3.32. The van der Waals surface area contributed by atoms with Gasteiger partial charge in [-0.2, -0.15) is 0 Å². The number of aliphatic hydroxyl groups is 1. The molecule has 100 valence electrons. The highest BCUT2D eigenvalue weighted by Crippen LogP contribution is 2.27. The first-order valence-electron chi connectivity index (χ1n) is 6.35. The summed E-state index contributed by atoms with van der Waals surface area (Å²) >= 11 is 0. The van der Waals surface area contributed by atoms with Gasteiger partial charge in [-0.05, 0) is 19.4 Å². The molecule has 0 radical (unpaired) electrons. The van der Waals surface area contributed by atoms with E-state index in [9.17, 15) is 5.11 Å². The van der Waals surface area contributed by atoms with Crippen LogP contribution in [0.4, 0.5) is 0 Å². The number of aromatic nitrogens is 1. The minimum Gasteiger partial charge on any atom is -0.496 e. The smallest absolute Gasteiger partial charge is 0.128 e. The monoisotopic (exact) mass is 257 g/mol. The number of methoxy groups -OCH3 is 1. The molecule has 0 aliphatic rings. The molecule has 0 bridgehead atoms. The van der Waals surface area contributed by atoms with Gasteiger partial charge in [-0.1, -0.05) is 30.3 Å². The topological polar surface area (TPSA) is 42.4 Å². The summed E-state index contributed by atoms with van der Waals surface area (Å²) in [4.78, 5) is 4.41. The molecule has 1 heterocycles. The van der Waals surface area contributed by atoms with Crippen LogP contribution in [0.1, 0.15) is 28.5 Å². The Morgan fingerprint density at radius 2 is 1.89 bits per heavy atom. The highest BCUT2D eigenvalue weighted by atomic mass is 16.5. The van der Waals surface area contributed by atoms with Gasteiger partial charge in [0.25, 0.3) is 0 Å². The predicted molar refractivity (Wildman–Crippen MR) is 75.4 cm³/mol. The van der Waals surface area contributed by atoms with E-state index in [0.717, 1.165) is 28.1 Å². The number of rotatable bonds is 4. The van der Waals surface area contributed by atoms with Crippen LogP contribution < -0.4 is 4.74 Å². The zero-order chi connectivity index (χ0) is 13.8. The second kappa shape index (κ2) is 5.85. The van der Waals surface area contributed by atoms with Crippen molar-refractivity contribution >= 4 is 0 Å². The van der Waals surface area contributed by atoms with Crippen molar-refractivity contribution in [3.05, 3.63) is 58.9 Å². The SMILES string of the molecule is COc1c(C)cnc(CC(O)c2ccccc2)c1C. The summed E-state index contributed by atoms with van der Waals surface area (Å²) < 4.78 is 5.38. The molecule has 1 aromatic carbocycles. The molecule has 3 nitrogen and oxygen atoms in total. The highest BCUT2D eigenvalue weighted by Gasteiger charge is 2.14. The largest absolute Gasteiger partial charge is 0.496 e. The van der Waals surface area contributed by atoms with Gasteiger partial charge in [0.05, 0.1) is 13.2 Å². The van der Waals surface area contributed by atoms with Gasteiger partial charge in [0, 0.05) is 29.4 Å². The number of pyridine rings is 1. The molecule has 0 saturated carbocycles. The number of benzene rings is 1. The molecule has 19 heavy (non-hydrogen) atoms. The molecule has 3 heteroatoms. The normalized spacial score (nSPS) is 12.2. The van der Waals surface area contributed by atoms with Crippen LogP contribution in [0.15, 0.2) is 36.5 Å². The minimum absolute atomic E-state index is 0.493. The molecule has 0 amide bonds. The molecule has 0 saturated heterocycles. The fourth-order valence-corrected chi connectivity index (χ4v) is 2.25. The lowest BCUT2D eigenvalue weighted by Crippen LogP contribution is -2.06. The van der Waals surface area contributed by atoms with Crippen molar-refractivity contribution in [2.24, 2.45) is 0 Å². The van der Waals surface area contributed by atoms with Crippen molar-refractivity contribution in [3.63, 3.8) is 0 Å². The van der Waals surface area contributed by atoms with E-state index in [0.29, 0.717) is 6.42 Å². The zero-order valence-corrected chi connectivity index (χ0v) is 11.6. The second-order valence-corrected chi connectivity index (χ2v) is 4.68. The maximum absolute atomic E-state index is 10.3. The number of nitrogens with zero attached hydrogens (tertiary/aromatic N) is 1. The number of hydrogen-bond donors (Lipinski definition) is 1. The van der Waals surface area contributed by atoms with E-state index < -0.39 is 6.10 Å². The molecule has 2 aromatic rings. The molecule has 0 aliphatic heterocycles. The first-order chi connectivity index (χ1) is 9.13. The maximum atomic E-state index is 10.3. The maximum Gasteiger partial charge on any atom is 0.128 e. The van der Waals surface area contributed by atoms with Gasteiger partial charge in [0.15, 0.2) is 0 Å². The fraction of sp³-hybridized carbons (Fsp3) is 0.312. The molecule has 2 rings (SSSR count). The van der Waals surface area contributed by atoms with Gasteiger partial charge in [-0.3, -0.25) is 4.98 Å². The van der Waals surface area contributed by atoms with Crippen molar-refractivity contribution in [1.82, 2.24) is 4.98 Å². The van der Waals surface area contributed by atoms with E-state index in [1.54, 1.807) is 13.3 Å². The quantitative estimate of drug-likeness (QED) is 0.915. The predicted octanol–water partition coefficient (Wildman–Crippen LogP) is 2.98. The third-order valence-electron chi connectivity index (χ3n) is 3.32. The summed E-state index contributed by atoms with van der Waals surface area (Å²) in [6.07, 6.45) is 1.74. The first kappa shape index (κ1) is 13.6. The van der Waals surface area contributed by atoms with Crippen molar-refractivity contribution in [2.75, 3.05) is 7.11 Å². The van der Waals surface area contributed by atoms with Crippen LogP contribution in [-0.2, 0) is 6.42 Å². The molecular formula is C16H19NO2. The number of aliphatic hydroxyl groups excluding tert-OH is 1. The van der Waals surface area contributed by atoms with Crippen LogP contribution in [0.3, 0.4) is 0 Å². The van der Waals surface area contributed by atoms with E-state index >= 15 is 0 Å².